The van der Waals surface area contributed by atoms with Crippen molar-refractivity contribution in [3.8, 4) is 0 Å². The van der Waals surface area contributed by atoms with Gasteiger partial charge in [0.15, 0.2) is 0 Å². The van der Waals surface area contributed by atoms with Crippen LogP contribution in [0.4, 0.5) is 0 Å². The van der Waals surface area contributed by atoms with Crippen molar-refractivity contribution >= 4 is 29.5 Å². The molecule has 5 N–H and O–H groups in total. The van der Waals surface area contributed by atoms with E-state index < -0.39 is 6.04 Å². The minimum atomic E-state index is -0.441. The third-order valence-corrected chi connectivity index (χ3v) is 7.61. The first-order valence-electron chi connectivity index (χ1n) is 10.7. The largest absolute Gasteiger partial charge is 0.369 e. The molecule has 1 aliphatic carbocycles. The third-order valence-electron chi connectivity index (χ3n) is 6.43. The Kier molecular flexibility index (Phi) is 7.62. The summed E-state index contributed by atoms with van der Waals surface area (Å²) in [7, 11) is 0. The van der Waals surface area contributed by atoms with Gasteiger partial charge in [0.05, 0.1) is 12.0 Å². The Labute approximate surface area is 177 Å². The number of amides is 3. The van der Waals surface area contributed by atoms with E-state index in [0.29, 0.717) is 30.7 Å². The van der Waals surface area contributed by atoms with Gasteiger partial charge in [-0.25, -0.2) is 0 Å². The monoisotopic (exact) mass is 422 g/mol. The first-order chi connectivity index (χ1) is 13.8. The average Bonchev–Trinajstić information content (AvgIpc) is 3.38. The number of nitrogens with one attached hydrogen (secondary N) is 3. The molecule has 0 aromatic heterocycles. The molecule has 0 aromatic rings. The normalized spacial score (nSPS) is 32.5. The van der Waals surface area contributed by atoms with Crippen molar-refractivity contribution in [2.24, 2.45) is 35.3 Å². The van der Waals surface area contributed by atoms with Gasteiger partial charge in [-0.3, -0.25) is 14.4 Å². The summed E-state index contributed by atoms with van der Waals surface area (Å²) < 4.78 is 0. The number of thioether (sulfide) groups is 1. The van der Waals surface area contributed by atoms with Crippen LogP contribution in [-0.2, 0) is 14.4 Å². The summed E-state index contributed by atoms with van der Waals surface area (Å²) >= 11 is 1.96. The van der Waals surface area contributed by atoms with E-state index in [0.717, 1.165) is 18.6 Å². The highest BCUT2D eigenvalue weighted by molar-refractivity contribution is 7.99. The summed E-state index contributed by atoms with van der Waals surface area (Å²) in [5.74, 6) is 2.87. The smallest absolute Gasteiger partial charge is 0.237 e. The standard InChI is InChI=1S/C21H34N4O3S/c1-12(2)25-21(28)18(9-14-3-5-23-20(14)27)24-10-13-7-16(15-4-6-29-11-15)17(8-13)19(22)26/h3,5,12-18,24H,4,6-11H2,1-2H3,(H2,22,26)(H,23,27)(H,25,28)/t13?,14?,15?,16-,17-,18?/m0/s1. The summed E-state index contributed by atoms with van der Waals surface area (Å²) in [5, 5.41) is 9.03. The van der Waals surface area contributed by atoms with Crippen molar-refractivity contribution < 1.29 is 14.4 Å². The van der Waals surface area contributed by atoms with Gasteiger partial charge in [-0.2, -0.15) is 11.8 Å². The lowest BCUT2D eigenvalue weighted by molar-refractivity contribution is -0.126. The zero-order valence-corrected chi connectivity index (χ0v) is 18.2. The van der Waals surface area contributed by atoms with E-state index in [1.54, 1.807) is 6.20 Å². The molecule has 162 valence electrons. The number of carbonyl (C=O) groups is 3. The van der Waals surface area contributed by atoms with E-state index >= 15 is 0 Å². The molecule has 2 fully saturated rings. The summed E-state index contributed by atoms with van der Waals surface area (Å²) in [6.45, 7) is 4.51. The van der Waals surface area contributed by atoms with E-state index in [4.69, 9.17) is 5.73 Å². The number of primary amides is 1. The number of hydrogen-bond acceptors (Lipinski definition) is 5. The molecule has 0 radical (unpaired) electrons. The van der Waals surface area contributed by atoms with Crippen LogP contribution in [0.15, 0.2) is 12.3 Å². The highest BCUT2D eigenvalue weighted by atomic mass is 32.2. The predicted molar refractivity (Wildman–Crippen MR) is 115 cm³/mol. The third kappa shape index (κ3) is 5.75. The lowest BCUT2D eigenvalue weighted by Crippen LogP contribution is -2.49. The van der Waals surface area contributed by atoms with Gasteiger partial charge in [0.25, 0.3) is 0 Å². The Morgan fingerprint density at radius 3 is 2.72 bits per heavy atom. The van der Waals surface area contributed by atoms with Crippen LogP contribution >= 0.6 is 11.8 Å². The first kappa shape index (κ1) is 22.2. The summed E-state index contributed by atoms with van der Waals surface area (Å²) in [6, 6.07) is -0.404. The topological polar surface area (TPSA) is 113 Å². The quantitative estimate of drug-likeness (QED) is 0.443. The molecule has 1 saturated carbocycles. The van der Waals surface area contributed by atoms with E-state index in [1.807, 2.05) is 31.7 Å². The highest BCUT2D eigenvalue weighted by Gasteiger charge is 2.42. The second-order valence-corrected chi connectivity index (χ2v) is 10.1. The Morgan fingerprint density at radius 1 is 1.34 bits per heavy atom. The molecular weight excluding hydrogens is 388 g/mol. The van der Waals surface area contributed by atoms with Gasteiger partial charge in [0, 0.05) is 18.2 Å². The summed E-state index contributed by atoms with van der Waals surface area (Å²) in [4.78, 5) is 36.7. The minimum Gasteiger partial charge on any atom is -0.369 e. The number of nitrogens with two attached hydrogens (primary N) is 1. The minimum absolute atomic E-state index is 0.0368. The van der Waals surface area contributed by atoms with Gasteiger partial charge in [-0.05, 0) is 75.3 Å². The Hall–Kier alpha value is -1.54. The summed E-state index contributed by atoms with van der Waals surface area (Å²) in [6.07, 6.45) is 6.82. The van der Waals surface area contributed by atoms with E-state index in [1.165, 1.54) is 12.2 Å². The lowest BCUT2D eigenvalue weighted by Gasteiger charge is -2.24. The maximum atomic E-state index is 12.7. The van der Waals surface area contributed by atoms with Gasteiger partial charge in [-0.15, -0.1) is 0 Å². The van der Waals surface area contributed by atoms with Crippen molar-refractivity contribution in [2.45, 2.75) is 51.6 Å². The molecule has 3 amide bonds. The van der Waals surface area contributed by atoms with Crippen molar-refractivity contribution in [1.82, 2.24) is 16.0 Å². The molecule has 6 atom stereocenters. The second kappa shape index (κ2) is 9.98. The molecule has 8 heteroatoms. The zero-order valence-electron chi connectivity index (χ0n) is 17.4. The lowest BCUT2D eigenvalue weighted by atomic mass is 9.83. The predicted octanol–water partition coefficient (Wildman–Crippen LogP) is 1.000. The molecule has 7 nitrogen and oxygen atoms in total. The molecule has 3 rings (SSSR count). The maximum absolute atomic E-state index is 12.7. The van der Waals surface area contributed by atoms with Crippen molar-refractivity contribution in [1.29, 1.82) is 0 Å². The van der Waals surface area contributed by atoms with Crippen molar-refractivity contribution in [2.75, 3.05) is 18.1 Å². The molecule has 29 heavy (non-hydrogen) atoms. The fourth-order valence-electron chi connectivity index (χ4n) is 4.94. The van der Waals surface area contributed by atoms with Gasteiger partial charge in [0.2, 0.25) is 17.7 Å². The van der Waals surface area contributed by atoms with Crippen molar-refractivity contribution in [3.63, 3.8) is 0 Å². The van der Waals surface area contributed by atoms with E-state index in [-0.39, 0.29) is 35.6 Å². The van der Waals surface area contributed by atoms with Crippen molar-refractivity contribution in [3.05, 3.63) is 12.3 Å². The number of rotatable bonds is 9. The zero-order chi connectivity index (χ0) is 21.0. The molecule has 3 aliphatic rings. The Morgan fingerprint density at radius 2 is 2.14 bits per heavy atom. The van der Waals surface area contributed by atoms with E-state index in [2.05, 4.69) is 16.0 Å². The summed E-state index contributed by atoms with van der Waals surface area (Å²) in [5.41, 5.74) is 5.72. The van der Waals surface area contributed by atoms with Gasteiger partial charge in [-0.1, -0.05) is 6.08 Å². The first-order valence-corrected chi connectivity index (χ1v) is 11.9. The number of hydrogen-bond donors (Lipinski definition) is 4. The molecule has 2 heterocycles. The molecule has 0 aromatic carbocycles. The van der Waals surface area contributed by atoms with Crippen LogP contribution in [0.5, 0.6) is 0 Å². The van der Waals surface area contributed by atoms with Crippen LogP contribution < -0.4 is 21.7 Å². The van der Waals surface area contributed by atoms with E-state index in [9.17, 15) is 14.4 Å². The van der Waals surface area contributed by atoms with Crippen LogP contribution in [0.3, 0.4) is 0 Å². The maximum Gasteiger partial charge on any atom is 0.237 e. The molecule has 2 aliphatic heterocycles. The Bertz CT molecular complexity index is 648. The molecule has 1 saturated heterocycles. The average molecular weight is 423 g/mol. The fourth-order valence-corrected chi connectivity index (χ4v) is 6.29. The van der Waals surface area contributed by atoms with Crippen LogP contribution in [0, 0.1) is 29.6 Å². The highest BCUT2D eigenvalue weighted by Crippen LogP contribution is 2.45. The van der Waals surface area contributed by atoms with Gasteiger partial charge < -0.3 is 21.7 Å². The molecular formula is C21H34N4O3S. The Balaban J connectivity index is 1.60. The van der Waals surface area contributed by atoms with Crippen LogP contribution in [0.2, 0.25) is 0 Å². The second-order valence-electron chi connectivity index (χ2n) is 8.97. The van der Waals surface area contributed by atoms with Gasteiger partial charge in [0.1, 0.15) is 0 Å². The molecule has 0 bridgehead atoms. The fraction of sp³-hybridized carbons (Fsp3) is 0.762. The van der Waals surface area contributed by atoms with Crippen LogP contribution in [-0.4, -0.2) is 47.9 Å². The number of carbonyl (C=O) groups excluding carboxylic acids is 3. The van der Waals surface area contributed by atoms with Gasteiger partial charge >= 0.3 is 0 Å². The molecule has 0 spiro atoms. The molecule has 4 unspecified atom stereocenters. The van der Waals surface area contributed by atoms with Crippen LogP contribution in [0.1, 0.15) is 39.5 Å². The SMILES string of the molecule is CC(C)NC(=O)C(CC1C=CNC1=O)NCC1C[C@H](C(N)=O)[C@H](C2CCSC2)C1. The van der Waals surface area contributed by atoms with Crippen LogP contribution in [0.25, 0.3) is 0 Å².